The summed E-state index contributed by atoms with van der Waals surface area (Å²) in [4.78, 5) is 39.2. The Labute approximate surface area is 165 Å². The number of thiophene rings is 1. The molecule has 2 amide bonds. The average Bonchev–Trinajstić information content (AvgIpc) is 3.30. The molecule has 0 aliphatic carbocycles. The zero-order valence-corrected chi connectivity index (χ0v) is 16.0. The predicted octanol–water partition coefficient (Wildman–Crippen LogP) is 2.60. The first-order valence-corrected chi connectivity index (χ1v) is 10.1. The lowest BCUT2D eigenvalue weighted by Crippen LogP contribution is -2.35. The molecule has 142 valence electrons. The van der Waals surface area contributed by atoms with Crippen LogP contribution in [0.4, 0.5) is 11.5 Å². The predicted molar refractivity (Wildman–Crippen MR) is 108 cm³/mol. The van der Waals surface area contributed by atoms with Crippen molar-refractivity contribution in [3.63, 3.8) is 0 Å². The van der Waals surface area contributed by atoms with Crippen molar-refractivity contribution in [1.29, 1.82) is 0 Å². The van der Waals surface area contributed by atoms with Gasteiger partial charge in [0.1, 0.15) is 17.0 Å². The largest absolute Gasteiger partial charge is 0.383 e. The van der Waals surface area contributed by atoms with Crippen LogP contribution in [0, 0.1) is 0 Å². The third-order valence-electron chi connectivity index (χ3n) is 5.43. The molecular formula is C20H19N5O2S. The molecule has 0 atom stereocenters. The van der Waals surface area contributed by atoms with Crippen LogP contribution >= 0.6 is 11.3 Å². The number of anilines is 2. The maximum Gasteiger partial charge on any atom is 0.254 e. The summed E-state index contributed by atoms with van der Waals surface area (Å²) in [7, 11) is 0. The lowest BCUT2D eigenvalue weighted by molar-refractivity contribution is -0.117. The van der Waals surface area contributed by atoms with Gasteiger partial charge < -0.3 is 15.5 Å². The van der Waals surface area contributed by atoms with Gasteiger partial charge in [-0.15, -0.1) is 11.3 Å². The molecule has 2 aliphatic rings. The number of amides is 2. The monoisotopic (exact) mass is 393 g/mol. The highest BCUT2D eigenvalue weighted by molar-refractivity contribution is 7.19. The van der Waals surface area contributed by atoms with Gasteiger partial charge in [0.15, 0.2) is 0 Å². The SMILES string of the molecule is Nc1ncnc2sc3c(c12)CCN(C(=O)c1cccc(N2CCCC2=O)c1)C3. The number of nitrogens with zero attached hydrogens (tertiary/aromatic N) is 4. The Hall–Kier alpha value is -3.00. The fraction of sp³-hybridized carbons (Fsp3) is 0.300. The number of carbonyl (C=O) groups excluding carboxylic acids is 2. The van der Waals surface area contributed by atoms with Crippen molar-refractivity contribution >= 4 is 44.9 Å². The van der Waals surface area contributed by atoms with Crippen molar-refractivity contribution < 1.29 is 9.59 Å². The second kappa shape index (κ2) is 6.56. The minimum absolute atomic E-state index is 0.0179. The van der Waals surface area contributed by atoms with Crippen LogP contribution in [0.3, 0.4) is 0 Å². The number of nitrogen functional groups attached to an aromatic ring is 1. The first kappa shape index (κ1) is 17.1. The maximum atomic E-state index is 13.1. The van der Waals surface area contributed by atoms with Crippen molar-refractivity contribution in [2.75, 3.05) is 23.7 Å². The third-order valence-corrected chi connectivity index (χ3v) is 6.56. The summed E-state index contributed by atoms with van der Waals surface area (Å²) in [5, 5.41) is 0.934. The fourth-order valence-corrected chi connectivity index (χ4v) is 5.25. The second-order valence-corrected chi connectivity index (χ2v) is 8.20. The summed E-state index contributed by atoms with van der Waals surface area (Å²) in [5.41, 5.74) is 8.62. The first-order chi connectivity index (χ1) is 13.6. The number of aromatic nitrogens is 2. The number of benzene rings is 1. The minimum atomic E-state index is -0.0179. The van der Waals surface area contributed by atoms with Crippen molar-refractivity contribution in [3.8, 4) is 0 Å². The van der Waals surface area contributed by atoms with Gasteiger partial charge in [0.05, 0.1) is 11.9 Å². The molecular weight excluding hydrogens is 374 g/mol. The molecule has 1 saturated heterocycles. The van der Waals surface area contributed by atoms with Crippen LogP contribution in [0.2, 0.25) is 0 Å². The quantitative estimate of drug-likeness (QED) is 0.722. The molecule has 7 nitrogen and oxygen atoms in total. The fourth-order valence-electron chi connectivity index (χ4n) is 4.04. The molecule has 3 aromatic rings. The highest BCUT2D eigenvalue weighted by Crippen LogP contribution is 2.36. The van der Waals surface area contributed by atoms with Crippen LogP contribution in [0.25, 0.3) is 10.2 Å². The number of rotatable bonds is 2. The third kappa shape index (κ3) is 2.72. The van der Waals surface area contributed by atoms with Gasteiger partial charge in [-0.3, -0.25) is 9.59 Å². The highest BCUT2D eigenvalue weighted by Gasteiger charge is 2.27. The van der Waals surface area contributed by atoms with Crippen LogP contribution in [0.5, 0.6) is 0 Å². The second-order valence-electron chi connectivity index (χ2n) is 7.12. The topological polar surface area (TPSA) is 92.4 Å². The van der Waals surface area contributed by atoms with E-state index >= 15 is 0 Å². The molecule has 28 heavy (non-hydrogen) atoms. The van der Waals surface area contributed by atoms with Crippen LogP contribution in [-0.4, -0.2) is 39.8 Å². The number of fused-ring (bicyclic) bond motifs is 3. The smallest absolute Gasteiger partial charge is 0.254 e. The van der Waals surface area contributed by atoms with Gasteiger partial charge in [-0.2, -0.15) is 0 Å². The highest BCUT2D eigenvalue weighted by atomic mass is 32.1. The Kier molecular flexibility index (Phi) is 4.01. The van der Waals surface area contributed by atoms with Gasteiger partial charge in [-0.25, -0.2) is 9.97 Å². The molecule has 2 N–H and O–H groups in total. The van der Waals surface area contributed by atoms with Gasteiger partial charge in [0.25, 0.3) is 5.91 Å². The van der Waals surface area contributed by atoms with E-state index in [9.17, 15) is 9.59 Å². The molecule has 1 fully saturated rings. The summed E-state index contributed by atoms with van der Waals surface area (Å²) >= 11 is 1.58. The van der Waals surface area contributed by atoms with Crippen LogP contribution < -0.4 is 10.6 Å². The standard InChI is InChI=1S/C20H19N5O2S/c21-18-17-14-6-8-24(10-15(14)28-19(17)23-11-22-18)20(27)12-3-1-4-13(9-12)25-7-2-5-16(25)26/h1,3-4,9,11H,2,5-8,10H2,(H2,21,22,23). The first-order valence-electron chi connectivity index (χ1n) is 9.32. The zero-order chi connectivity index (χ0) is 19.3. The van der Waals surface area contributed by atoms with Gasteiger partial charge in [0.2, 0.25) is 5.91 Å². The van der Waals surface area contributed by atoms with Gasteiger partial charge in [-0.05, 0) is 36.6 Å². The molecule has 0 radical (unpaired) electrons. The normalized spacial score (nSPS) is 16.6. The van der Waals surface area contributed by atoms with Gasteiger partial charge >= 0.3 is 0 Å². The molecule has 2 aliphatic heterocycles. The summed E-state index contributed by atoms with van der Waals surface area (Å²) < 4.78 is 0. The van der Waals surface area contributed by atoms with Crippen LogP contribution in [0.1, 0.15) is 33.6 Å². The number of carbonyl (C=O) groups is 2. The lowest BCUT2D eigenvalue weighted by atomic mass is 10.0. The molecule has 4 heterocycles. The van der Waals surface area contributed by atoms with E-state index < -0.39 is 0 Å². The van der Waals surface area contributed by atoms with Crippen molar-refractivity contribution in [2.45, 2.75) is 25.8 Å². The average molecular weight is 393 g/mol. The van der Waals surface area contributed by atoms with Crippen molar-refractivity contribution in [1.82, 2.24) is 14.9 Å². The van der Waals surface area contributed by atoms with Gasteiger partial charge in [-0.1, -0.05) is 6.07 Å². The van der Waals surface area contributed by atoms with E-state index in [1.165, 1.54) is 11.9 Å². The van der Waals surface area contributed by atoms with E-state index in [-0.39, 0.29) is 11.8 Å². The number of hydrogen-bond acceptors (Lipinski definition) is 6. The summed E-state index contributed by atoms with van der Waals surface area (Å²) in [6, 6.07) is 7.38. The van der Waals surface area contributed by atoms with Crippen LogP contribution in [0.15, 0.2) is 30.6 Å². The van der Waals surface area contributed by atoms with E-state index in [1.54, 1.807) is 16.2 Å². The Morgan fingerprint density at radius 2 is 2.07 bits per heavy atom. The van der Waals surface area contributed by atoms with E-state index in [4.69, 9.17) is 5.73 Å². The van der Waals surface area contributed by atoms with E-state index in [0.717, 1.165) is 33.6 Å². The Morgan fingerprint density at radius 3 is 2.89 bits per heavy atom. The Morgan fingerprint density at radius 1 is 1.18 bits per heavy atom. The van der Waals surface area contributed by atoms with E-state index in [1.807, 2.05) is 29.2 Å². The molecule has 0 bridgehead atoms. The maximum absolute atomic E-state index is 13.1. The Bertz CT molecular complexity index is 1110. The molecule has 2 aromatic heterocycles. The van der Waals surface area contributed by atoms with Crippen molar-refractivity contribution in [2.24, 2.45) is 0 Å². The van der Waals surface area contributed by atoms with Crippen LogP contribution in [-0.2, 0) is 17.8 Å². The Balaban J connectivity index is 1.42. The van der Waals surface area contributed by atoms with Gasteiger partial charge in [0, 0.05) is 35.6 Å². The zero-order valence-electron chi connectivity index (χ0n) is 15.2. The number of nitrogens with two attached hydrogens (primary N) is 1. The summed E-state index contributed by atoms with van der Waals surface area (Å²) in [6.07, 6.45) is 3.66. The number of hydrogen-bond donors (Lipinski definition) is 1. The van der Waals surface area contributed by atoms with E-state index in [2.05, 4.69) is 9.97 Å². The molecule has 5 rings (SSSR count). The minimum Gasteiger partial charge on any atom is -0.383 e. The van der Waals surface area contributed by atoms with E-state index in [0.29, 0.717) is 37.4 Å². The molecule has 0 spiro atoms. The molecule has 1 aromatic carbocycles. The molecule has 0 saturated carbocycles. The summed E-state index contributed by atoms with van der Waals surface area (Å²) in [5.74, 6) is 0.608. The van der Waals surface area contributed by atoms with Crippen molar-refractivity contribution in [3.05, 3.63) is 46.6 Å². The molecule has 8 heteroatoms. The molecule has 0 unspecified atom stereocenters. The summed E-state index contributed by atoms with van der Waals surface area (Å²) in [6.45, 7) is 1.88. The lowest BCUT2D eigenvalue weighted by Gasteiger charge is -2.27.